The molecule has 2 heteroatoms. The molecule has 0 heterocycles. The molecule has 1 nitrogen and oxygen atoms in total. The molecule has 0 rings (SSSR count). The fourth-order valence-corrected chi connectivity index (χ4v) is 1.28. The van der Waals surface area contributed by atoms with Crippen molar-refractivity contribution < 1.29 is 4.74 Å². The summed E-state index contributed by atoms with van der Waals surface area (Å²) in [5.41, 5.74) is 0. The van der Waals surface area contributed by atoms with Crippen LogP contribution in [0.25, 0.3) is 0 Å². The highest BCUT2D eigenvalue weighted by atomic mass is 32.1. The van der Waals surface area contributed by atoms with Gasteiger partial charge in [0.1, 0.15) is 0 Å². The molecule has 0 aliphatic carbocycles. The van der Waals surface area contributed by atoms with Crippen molar-refractivity contribution in [3.8, 4) is 0 Å². The lowest BCUT2D eigenvalue weighted by atomic mass is 10.0. The standard InChI is InChI=1S/C11H22OS/c1-4-7-8-10(5-2)9-12-11(13)6-3/h10H,4-9H2,1-3H3. The SMILES string of the molecule is CCCCC(CC)COC(=S)CC. The highest BCUT2D eigenvalue weighted by Gasteiger charge is 2.06. The first-order chi connectivity index (χ1) is 6.24. The third-order valence-electron chi connectivity index (χ3n) is 2.31. The molecule has 13 heavy (non-hydrogen) atoms. The molecule has 1 atom stereocenters. The van der Waals surface area contributed by atoms with Crippen LogP contribution in [0, 0.1) is 5.92 Å². The Balaban J connectivity index is 3.52. The Morgan fingerprint density at radius 1 is 1.31 bits per heavy atom. The Bertz CT molecular complexity index is 134. The van der Waals surface area contributed by atoms with Crippen LogP contribution in [0.3, 0.4) is 0 Å². The zero-order valence-electron chi connectivity index (χ0n) is 9.14. The van der Waals surface area contributed by atoms with Crippen LogP contribution in [-0.4, -0.2) is 11.7 Å². The van der Waals surface area contributed by atoms with E-state index >= 15 is 0 Å². The smallest absolute Gasteiger partial charge is 0.159 e. The zero-order valence-corrected chi connectivity index (χ0v) is 9.95. The van der Waals surface area contributed by atoms with Gasteiger partial charge >= 0.3 is 0 Å². The van der Waals surface area contributed by atoms with Gasteiger partial charge in [-0.2, -0.15) is 0 Å². The van der Waals surface area contributed by atoms with E-state index in [1.165, 1.54) is 25.7 Å². The summed E-state index contributed by atoms with van der Waals surface area (Å²) in [6, 6.07) is 0. The fraction of sp³-hybridized carbons (Fsp3) is 0.909. The van der Waals surface area contributed by atoms with Gasteiger partial charge in [-0.15, -0.1) is 0 Å². The fourth-order valence-electron chi connectivity index (χ4n) is 1.21. The first-order valence-electron chi connectivity index (χ1n) is 5.40. The van der Waals surface area contributed by atoms with Crippen molar-refractivity contribution in [1.82, 2.24) is 0 Å². The maximum absolute atomic E-state index is 5.47. The third-order valence-corrected chi connectivity index (χ3v) is 2.72. The molecule has 0 N–H and O–H groups in total. The first kappa shape index (κ1) is 12.9. The van der Waals surface area contributed by atoms with Crippen LogP contribution >= 0.6 is 12.2 Å². The van der Waals surface area contributed by atoms with E-state index in [1.807, 2.05) is 6.92 Å². The van der Waals surface area contributed by atoms with E-state index < -0.39 is 0 Å². The lowest BCUT2D eigenvalue weighted by Gasteiger charge is -2.15. The van der Waals surface area contributed by atoms with E-state index in [2.05, 4.69) is 13.8 Å². The molecule has 0 aromatic heterocycles. The van der Waals surface area contributed by atoms with Crippen molar-refractivity contribution in [2.24, 2.45) is 5.92 Å². The monoisotopic (exact) mass is 202 g/mol. The number of hydrogen-bond donors (Lipinski definition) is 0. The minimum atomic E-state index is 0.699. The van der Waals surface area contributed by atoms with Crippen LogP contribution in [0.15, 0.2) is 0 Å². The molecule has 0 aromatic rings. The van der Waals surface area contributed by atoms with Gasteiger partial charge in [-0.1, -0.05) is 40.0 Å². The predicted molar refractivity (Wildman–Crippen MR) is 62.1 cm³/mol. The maximum Gasteiger partial charge on any atom is 0.159 e. The van der Waals surface area contributed by atoms with E-state index in [0.717, 1.165) is 18.1 Å². The molecule has 1 unspecified atom stereocenters. The first-order valence-corrected chi connectivity index (χ1v) is 5.80. The molecule has 0 radical (unpaired) electrons. The normalized spacial score (nSPS) is 12.5. The van der Waals surface area contributed by atoms with Crippen LogP contribution in [-0.2, 0) is 4.74 Å². The van der Waals surface area contributed by atoms with Crippen molar-refractivity contribution in [1.29, 1.82) is 0 Å². The summed E-state index contributed by atoms with van der Waals surface area (Å²) in [6.07, 6.45) is 5.92. The third kappa shape index (κ3) is 7.00. The number of thiocarbonyl (C=S) groups is 1. The second-order valence-electron chi connectivity index (χ2n) is 3.45. The largest absolute Gasteiger partial charge is 0.487 e. The molecule has 0 bridgehead atoms. The lowest BCUT2D eigenvalue weighted by molar-refractivity contribution is 0.223. The van der Waals surface area contributed by atoms with E-state index in [-0.39, 0.29) is 0 Å². The second kappa shape index (κ2) is 8.49. The van der Waals surface area contributed by atoms with Crippen LogP contribution in [0.1, 0.15) is 52.9 Å². The second-order valence-corrected chi connectivity index (χ2v) is 3.91. The summed E-state index contributed by atoms with van der Waals surface area (Å²) in [7, 11) is 0. The summed E-state index contributed by atoms with van der Waals surface area (Å²) in [5.74, 6) is 0.699. The van der Waals surface area contributed by atoms with Gasteiger partial charge in [0.2, 0.25) is 0 Å². The van der Waals surface area contributed by atoms with Crippen LogP contribution in [0.2, 0.25) is 0 Å². The molecule has 0 saturated heterocycles. The van der Waals surface area contributed by atoms with Crippen molar-refractivity contribution >= 4 is 17.3 Å². The van der Waals surface area contributed by atoms with Gasteiger partial charge in [0.25, 0.3) is 0 Å². The Morgan fingerprint density at radius 2 is 2.00 bits per heavy atom. The summed E-state index contributed by atoms with van der Waals surface area (Å²) < 4.78 is 5.47. The number of hydrogen-bond acceptors (Lipinski definition) is 2. The average molecular weight is 202 g/mol. The minimum absolute atomic E-state index is 0.699. The highest BCUT2D eigenvalue weighted by Crippen LogP contribution is 2.13. The Labute approximate surface area is 87.9 Å². The Hall–Kier alpha value is -0.110. The molecule has 0 spiro atoms. The molecular weight excluding hydrogens is 180 g/mol. The van der Waals surface area contributed by atoms with Gasteiger partial charge < -0.3 is 4.74 Å². The van der Waals surface area contributed by atoms with Crippen molar-refractivity contribution in [2.45, 2.75) is 52.9 Å². The number of unbranched alkanes of at least 4 members (excludes halogenated alkanes) is 1. The van der Waals surface area contributed by atoms with Gasteiger partial charge in [0, 0.05) is 6.42 Å². The van der Waals surface area contributed by atoms with E-state index in [4.69, 9.17) is 17.0 Å². The van der Waals surface area contributed by atoms with Crippen molar-refractivity contribution in [3.05, 3.63) is 0 Å². The van der Waals surface area contributed by atoms with Gasteiger partial charge in [0.15, 0.2) is 5.05 Å². The average Bonchev–Trinajstić information content (AvgIpc) is 2.17. The molecule has 0 aliphatic heterocycles. The Morgan fingerprint density at radius 3 is 2.46 bits per heavy atom. The topological polar surface area (TPSA) is 9.23 Å². The van der Waals surface area contributed by atoms with Crippen LogP contribution < -0.4 is 0 Å². The maximum atomic E-state index is 5.47. The molecule has 0 aliphatic rings. The van der Waals surface area contributed by atoms with Gasteiger partial charge in [-0.25, -0.2) is 0 Å². The molecule has 0 aromatic carbocycles. The van der Waals surface area contributed by atoms with Gasteiger partial charge in [-0.05, 0) is 24.6 Å². The van der Waals surface area contributed by atoms with Crippen molar-refractivity contribution in [3.63, 3.8) is 0 Å². The van der Waals surface area contributed by atoms with Crippen molar-refractivity contribution in [2.75, 3.05) is 6.61 Å². The highest BCUT2D eigenvalue weighted by molar-refractivity contribution is 7.80. The minimum Gasteiger partial charge on any atom is -0.487 e. The van der Waals surface area contributed by atoms with E-state index in [0.29, 0.717) is 5.92 Å². The van der Waals surface area contributed by atoms with Gasteiger partial charge in [0.05, 0.1) is 6.61 Å². The summed E-state index contributed by atoms with van der Waals surface area (Å²) in [6.45, 7) is 7.31. The van der Waals surface area contributed by atoms with E-state index in [1.54, 1.807) is 0 Å². The quantitative estimate of drug-likeness (QED) is 0.578. The zero-order chi connectivity index (χ0) is 10.1. The van der Waals surface area contributed by atoms with Crippen LogP contribution in [0.5, 0.6) is 0 Å². The predicted octanol–water partition coefficient (Wildman–Crippen LogP) is 3.96. The number of ether oxygens (including phenoxy) is 1. The summed E-state index contributed by atoms with van der Waals surface area (Å²) in [4.78, 5) is 0. The lowest BCUT2D eigenvalue weighted by Crippen LogP contribution is -2.11. The van der Waals surface area contributed by atoms with Gasteiger partial charge in [-0.3, -0.25) is 0 Å². The summed E-state index contributed by atoms with van der Waals surface area (Å²) in [5, 5.41) is 0.759. The Kier molecular flexibility index (Phi) is 8.41. The van der Waals surface area contributed by atoms with Crippen LogP contribution in [0.4, 0.5) is 0 Å². The molecule has 0 saturated carbocycles. The molecule has 0 fully saturated rings. The molecule has 78 valence electrons. The number of rotatable bonds is 7. The summed E-state index contributed by atoms with van der Waals surface area (Å²) >= 11 is 5.01. The molecular formula is C11H22OS. The van der Waals surface area contributed by atoms with E-state index in [9.17, 15) is 0 Å². The molecule has 0 amide bonds.